The van der Waals surface area contributed by atoms with Crippen molar-refractivity contribution in [3.8, 4) is 0 Å². The third-order valence-corrected chi connectivity index (χ3v) is 3.32. The van der Waals surface area contributed by atoms with Gasteiger partial charge in [-0.1, -0.05) is 0 Å². The Bertz CT molecular complexity index is 419. The maximum atomic E-state index is 11.2. The summed E-state index contributed by atoms with van der Waals surface area (Å²) in [5.74, 6) is -0.190. The summed E-state index contributed by atoms with van der Waals surface area (Å²) in [6, 6.07) is 2.93. The van der Waals surface area contributed by atoms with Gasteiger partial charge in [0, 0.05) is 9.64 Å². The van der Waals surface area contributed by atoms with E-state index < -0.39 is 4.92 Å². The Kier molecular flexibility index (Phi) is 3.59. The molecule has 0 amide bonds. The molecule has 0 aliphatic carbocycles. The maximum Gasteiger partial charge on any atom is 0.284 e. The van der Waals surface area contributed by atoms with Gasteiger partial charge in [-0.15, -0.1) is 0 Å². The summed E-state index contributed by atoms with van der Waals surface area (Å²) in [5.41, 5.74) is 0.274. The Hall–Kier alpha value is -0.500. The van der Waals surface area contributed by atoms with Gasteiger partial charge in [-0.05, 0) is 51.5 Å². The average Bonchev–Trinajstić information content (AvgIpc) is 2.02. The molecule has 0 N–H and O–H groups in total. The average molecular weight is 370 g/mol. The summed E-state index contributed by atoms with van der Waals surface area (Å²) < 4.78 is 0.953. The zero-order valence-corrected chi connectivity index (χ0v) is 10.8. The zero-order valence-electron chi connectivity index (χ0n) is 7.08. The van der Waals surface area contributed by atoms with E-state index in [-0.39, 0.29) is 15.9 Å². The fraction of sp³-hybridized carbons (Fsp3) is 0.125. The van der Waals surface area contributed by atoms with Crippen molar-refractivity contribution in [1.82, 2.24) is 0 Å². The third-order valence-electron chi connectivity index (χ3n) is 1.62. The summed E-state index contributed by atoms with van der Waals surface area (Å²) >= 11 is 5.03. The SMILES string of the molecule is CC(=O)c1c(I)ccc([N+](=O)[O-])c1Br. The molecule has 0 atom stereocenters. The lowest BCUT2D eigenvalue weighted by molar-refractivity contribution is -0.385. The Labute approximate surface area is 102 Å². The number of rotatable bonds is 2. The number of hydrogen-bond acceptors (Lipinski definition) is 3. The van der Waals surface area contributed by atoms with E-state index in [1.165, 1.54) is 13.0 Å². The molecule has 74 valence electrons. The van der Waals surface area contributed by atoms with Gasteiger partial charge in [0.2, 0.25) is 0 Å². The summed E-state index contributed by atoms with van der Waals surface area (Å²) in [5, 5.41) is 10.6. The molecular formula is C8H5BrINO3. The minimum Gasteiger partial charge on any atom is -0.294 e. The Morgan fingerprint density at radius 1 is 1.57 bits per heavy atom. The number of nitrogens with zero attached hydrogens (tertiary/aromatic N) is 1. The summed E-state index contributed by atoms with van der Waals surface area (Å²) in [6.07, 6.45) is 0. The van der Waals surface area contributed by atoms with Crippen molar-refractivity contribution >= 4 is 50.0 Å². The molecule has 0 fully saturated rings. The molecule has 1 rings (SSSR count). The van der Waals surface area contributed by atoms with Crippen molar-refractivity contribution in [2.24, 2.45) is 0 Å². The molecule has 14 heavy (non-hydrogen) atoms. The van der Waals surface area contributed by atoms with Crippen LogP contribution in [0.2, 0.25) is 0 Å². The zero-order chi connectivity index (χ0) is 10.9. The fourth-order valence-corrected chi connectivity index (χ4v) is 2.97. The monoisotopic (exact) mass is 369 g/mol. The van der Waals surface area contributed by atoms with Gasteiger partial charge in [0.05, 0.1) is 10.5 Å². The van der Waals surface area contributed by atoms with Crippen LogP contribution in [0, 0.1) is 13.7 Å². The minimum absolute atomic E-state index is 0.0874. The van der Waals surface area contributed by atoms with E-state index >= 15 is 0 Å². The predicted octanol–water partition coefficient (Wildman–Crippen LogP) is 3.16. The largest absolute Gasteiger partial charge is 0.294 e. The van der Waals surface area contributed by atoms with Gasteiger partial charge in [0.15, 0.2) is 5.78 Å². The molecule has 4 nitrogen and oxygen atoms in total. The van der Waals surface area contributed by atoms with E-state index in [1.807, 2.05) is 22.6 Å². The molecule has 0 aliphatic rings. The standard InChI is InChI=1S/C8H5BrINO3/c1-4(12)7-5(10)2-3-6(8(7)9)11(13)14/h2-3H,1H3. The van der Waals surface area contributed by atoms with E-state index in [9.17, 15) is 14.9 Å². The first-order valence-electron chi connectivity index (χ1n) is 3.58. The van der Waals surface area contributed by atoms with Crippen LogP contribution in [0.1, 0.15) is 17.3 Å². The molecule has 0 spiro atoms. The molecule has 0 heterocycles. The number of nitro benzene ring substituents is 1. The molecule has 0 radical (unpaired) electrons. The summed E-state index contributed by atoms with van der Waals surface area (Å²) in [4.78, 5) is 21.3. The van der Waals surface area contributed by atoms with Crippen LogP contribution in [-0.4, -0.2) is 10.7 Å². The normalized spacial score (nSPS) is 9.93. The van der Waals surface area contributed by atoms with Gasteiger partial charge < -0.3 is 0 Å². The minimum atomic E-state index is -0.521. The number of hydrogen-bond donors (Lipinski definition) is 0. The Morgan fingerprint density at radius 3 is 2.57 bits per heavy atom. The lowest BCUT2D eigenvalue weighted by Crippen LogP contribution is -2.01. The lowest BCUT2D eigenvalue weighted by Gasteiger charge is -2.03. The topological polar surface area (TPSA) is 60.2 Å². The number of halogens is 2. The van der Waals surface area contributed by atoms with Crippen molar-refractivity contribution in [3.05, 3.63) is 35.9 Å². The van der Waals surface area contributed by atoms with Crippen LogP contribution < -0.4 is 0 Å². The van der Waals surface area contributed by atoms with Crippen LogP contribution in [0.3, 0.4) is 0 Å². The molecule has 0 saturated carbocycles. The molecule has 0 aliphatic heterocycles. The van der Waals surface area contributed by atoms with Crippen LogP contribution >= 0.6 is 38.5 Å². The van der Waals surface area contributed by atoms with Crippen LogP contribution in [-0.2, 0) is 0 Å². The second-order valence-electron chi connectivity index (χ2n) is 2.57. The van der Waals surface area contributed by atoms with Gasteiger partial charge in [-0.2, -0.15) is 0 Å². The van der Waals surface area contributed by atoms with E-state index in [2.05, 4.69) is 15.9 Å². The molecule has 0 unspecified atom stereocenters. The number of carbonyl (C=O) groups is 1. The van der Waals surface area contributed by atoms with Crippen LogP contribution in [0.15, 0.2) is 16.6 Å². The number of nitro groups is 1. The van der Waals surface area contributed by atoms with E-state index in [0.29, 0.717) is 9.13 Å². The van der Waals surface area contributed by atoms with E-state index in [4.69, 9.17) is 0 Å². The number of ketones is 1. The first-order chi connectivity index (χ1) is 6.45. The number of Topliss-reactive ketones (excluding diaryl/α,β-unsaturated/α-hetero) is 1. The van der Waals surface area contributed by atoms with Gasteiger partial charge in [0.25, 0.3) is 5.69 Å². The van der Waals surface area contributed by atoms with Crippen molar-refractivity contribution in [3.63, 3.8) is 0 Å². The smallest absolute Gasteiger partial charge is 0.284 e. The van der Waals surface area contributed by atoms with Crippen molar-refractivity contribution in [2.75, 3.05) is 0 Å². The molecule has 1 aromatic carbocycles. The van der Waals surface area contributed by atoms with Crippen LogP contribution in [0.4, 0.5) is 5.69 Å². The second kappa shape index (κ2) is 4.35. The highest BCUT2D eigenvalue weighted by atomic mass is 127. The predicted molar refractivity (Wildman–Crippen MR) is 63.5 cm³/mol. The van der Waals surface area contributed by atoms with Crippen molar-refractivity contribution in [2.45, 2.75) is 6.92 Å². The lowest BCUT2D eigenvalue weighted by atomic mass is 10.1. The molecule has 0 bridgehead atoms. The molecule has 6 heteroatoms. The molecular weight excluding hydrogens is 365 g/mol. The highest BCUT2D eigenvalue weighted by molar-refractivity contribution is 14.1. The Morgan fingerprint density at radius 2 is 2.14 bits per heavy atom. The summed E-state index contributed by atoms with van der Waals surface area (Å²) in [6.45, 7) is 1.38. The highest BCUT2D eigenvalue weighted by Crippen LogP contribution is 2.31. The highest BCUT2D eigenvalue weighted by Gasteiger charge is 2.20. The number of carbonyl (C=O) groups excluding carboxylic acids is 1. The number of benzene rings is 1. The fourth-order valence-electron chi connectivity index (χ4n) is 1.01. The second-order valence-corrected chi connectivity index (χ2v) is 4.52. The van der Waals surface area contributed by atoms with Crippen molar-refractivity contribution < 1.29 is 9.72 Å². The molecule has 0 aromatic heterocycles. The van der Waals surface area contributed by atoms with Crippen molar-refractivity contribution in [1.29, 1.82) is 0 Å². The Balaban J connectivity index is 3.49. The molecule has 1 aromatic rings. The van der Waals surface area contributed by atoms with Crippen LogP contribution in [0.25, 0.3) is 0 Å². The molecule has 0 saturated heterocycles. The van der Waals surface area contributed by atoms with E-state index in [1.54, 1.807) is 6.07 Å². The van der Waals surface area contributed by atoms with Crippen LogP contribution in [0.5, 0.6) is 0 Å². The van der Waals surface area contributed by atoms with Gasteiger partial charge >= 0.3 is 0 Å². The van der Waals surface area contributed by atoms with Gasteiger partial charge in [-0.3, -0.25) is 14.9 Å². The first-order valence-corrected chi connectivity index (χ1v) is 5.45. The third kappa shape index (κ3) is 2.11. The summed E-state index contributed by atoms with van der Waals surface area (Å²) in [7, 11) is 0. The van der Waals surface area contributed by atoms with E-state index in [0.717, 1.165) is 0 Å². The quantitative estimate of drug-likeness (QED) is 0.348. The maximum absolute atomic E-state index is 11.2. The van der Waals surface area contributed by atoms with Gasteiger partial charge in [-0.25, -0.2) is 0 Å². The van der Waals surface area contributed by atoms with Gasteiger partial charge in [0.1, 0.15) is 4.47 Å². The first kappa shape index (κ1) is 11.6.